The Hall–Kier alpha value is -0.610. The molecule has 0 aromatic rings. The fourth-order valence-corrected chi connectivity index (χ4v) is 3.49. The Morgan fingerprint density at radius 1 is 1.38 bits per heavy atom. The number of likely N-dealkylation sites (N-methyl/N-ethyl adjacent to an activating group) is 1. The molecule has 1 N–H and O–H groups in total. The number of carbonyl (C=O) groups is 1. The van der Waals surface area contributed by atoms with E-state index in [1.54, 1.807) is 0 Å². The summed E-state index contributed by atoms with van der Waals surface area (Å²) >= 11 is 0. The maximum Gasteiger partial charge on any atom is 0.326 e. The monoisotopic (exact) mass is 298 g/mol. The second kappa shape index (κ2) is 8.74. The first-order valence-electron chi connectivity index (χ1n) is 8.62. The van der Waals surface area contributed by atoms with Crippen LogP contribution in [0, 0.1) is 0 Å². The van der Waals surface area contributed by atoms with Crippen LogP contribution in [-0.2, 0) is 9.53 Å². The van der Waals surface area contributed by atoms with E-state index in [0.717, 1.165) is 25.8 Å². The van der Waals surface area contributed by atoms with E-state index in [1.165, 1.54) is 19.3 Å². The van der Waals surface area contributed by atoms with Gasteiger partial charge < -0.3 is 10.1 Å². The van der Waals surface area contributed by atoms with Crippen molar-refractivity contribution in [3.63, 3.8) is 0 Å². The zero-order valence-electron chi connectivity index (χ0n) is 14.6. The highest BCUT2D eigenvalue weighted by Gasteiger charge is 2.47. The molecule has 0 aromatic carbocycles. The Bertz CT molecular complexity index is 320. The van der Waals surface area contributed by atoms with Crippen LogP contribution < -0.4 is 5.32 Å². The van der Waals surface area contributed by atoms with Crippen LogP contribution in [0.25, 0.3) is 0 Å². The topological polar surface area (TPSA) is 41.6 Å². The molecule has 1 rings (SSSR count). The quantitative estimate of drug-likeness (QED) is 0.525. The molecular weight excluding hydrogens is 264 g/mol. The van der Waals surface area contributed by atoms with Crippen molar-refractivity contribution < 1.29 is 9.53 Å². The number of nitrogens with one attached hydrogen (secondary N) is 1. The Kier molecular flexibility index (Phi) is 7.67. The molecule has 0 bridgehead atoms. The summed E-state index contributed by atoms with van der Waals surface area (Å²) in [6, 6.07) is 1.01. The SMILES string of the molecule is CCCCCN(C(C)C)C1CCC(NC)(C(=O)OCC)C1. The molecule has 4 nitrogen and oxygen atoms in total. The van der Waals surface area contributed by atoms with Crippen molar-refractivity contribution >= 4 is 5.97 Å². The number of rotatable bonds is 9. The molecule has 0 saturated heterocycles. The van der Waals surface area contributed by atoms with Gasteiger partial charge >= 0.3 is 5.97 Å². The first kappa shape index (κ1) is 18.4. The molecule has 2 atom stereocenters. The van der Waals surface area contributed by atoms with E-state index < -0.39 is 5.54 Å². The van der Waals surface area contributed by atoms with Gasteiger partial charge in [0.15, 0.2) is 0 Å². The Balaban J connectivity index is 2.69. The molecule has 0 aromatic heterocycles. The maximum atomic E-state index is 12.3. The lowest BCUT2D eigenvalue weighted by Gasteiger charge is -2.34. The molecule has 0 spiro atoms. The lowest BCUT2D eigenvalue weighted by molar-refractivity contribution is -0.151. The lowest BCUT2D eigenvalue weighted by Crippen LogP contribution is -2.51. The molecule has 4 heteroatoms. The maximum absolute atomic E-state index is 12.3. The predicted octanol–water partition coefficient (Wildman–Crippen LogP) is 2.96. The highest BCUT2D eigenvalue weighted by molar-refractivity contribution is 5.81. The Morgan fingerprint density at radius 2 is 2.10 bits per heavy atom. The largest absolute Gasteiger partial charge is 0.465 e. The number of hydrogen-bond donors (Lipinski definition) is 1. The summed E-state index contributed by atoms with van der Waals surface area (Å²) in [7, 11) is 1.89. The molecule has 1 aliphatic carbocycles. The van der Waals surface area contributed by atoms with Crippen LogP contribution >= 0.6 is 0 Å². The zero-order valence-corrected chi connectivity index (χ0v) is 14.6. The van der Waals surface area contributed by atoms with Crippen molar-refractivity contribution in [3.05, 3.63) is 0 Å². The zero-order chi connectivity index (χ0) is 15.9. The smallest absolute Gasteiger partial charge is 0.326 e. The van der Waals surface area contributed by atoms with E-state index in [4.69, 9.17) is 4.74 Å². The molecule has 0 amide bonds. The van der Waals surface area contributed by atoms with Gasteiger partial charge in [-0.05, 0) is 60.0 Å². The summed E-state index contributed by atoms with van der Waals surface area (Å²) in [5.74, 6) is -0.0766. The van der Waals surface area contributed by atoms with E-state index in [-0.39, 0.29) is 5.97 Å². The van der Waals surface area contributed by atoms with Gasteiger partial charge in [-0.3, -0.25) is 9.69 Å². The molecule has 1 aliphatic rings. The fourth-order valence-electron chi connectivity index (χ4n) is 3.49. The number of hydrogen-bond acceptors (Lipinski definition) is 4. The summed E-state index contributed by atoms with van der Waals surface area (Å²) in [5.41, 5.74) is -0.474. The van der Waals surface area contributed by atoms with E-state index >= 15 is 0 Å². The Labute approximate surface area is 130 Å². The summed E-state index contributed by atoms with van der Waals surface area (Å²) in [4.78, 5) is 14.9. The lowest BCUT2D eigenvalue weighted by atomic mass is 9.97. The second-order valence-corrected chi connectivity index (χ2v) is 6.49. The highest BCUT2D eigenvalue weighted by atomic mass is 16.5. The molecule has 1 fully saturated rings. The minimum Gasteiger partial charge on any atom is -0.465 e. The summed E-state index contributed by atoms with van der Waals surface area (Å²) < 4.78 is 5.29. The Morgan fingerprint density at radius 3 is 2.62 bits per heavy atom. The average Bonchev–Trinajstić information content (AvgIpc) is 2.89. The number of unbranched alkanes of at least 4 members (excludes halogenated alkanes) is 2. The van der Waals surface area contributed by atoms with Crippen LogP contribution in [0.15, 0.2) is 0 Å². The molecular formula is C17H34N2O2. The standard InChI is InChI=1S/C17H34N2O2/c1-6-8-9-12-19(14(3)4)15-10-11-17(13-15,18-5)16(20)21-7-2/h14-15,18H,6-13H2,1-5H3. The molecule has 2 unspecified atom stereocenters. The van der Waals surface area contributed by atoms with Crippen molar-refractivity contribution in [3.8, 4) is 0 Å². The van der Waals surface area contributed by atoms with E-state index in [1.807, 2.05) is 14.0 Å². The third kappa shape index (κ3) is 4.68. The first-order chi connectivity index (χ1) is 10.0. The van der Waals surface area contributed by atoms with Crippen LogP contribution in [0.1, 0.15) is 66.2 Å². The van der Waals surface area contributed by atoms with Gasteiger partial charge in [-0.2, -0.15) is 0 Å². The predicted molar refractivity (Wildman–Crippen MR) is 87.4 cm³/mol. The van der Waals surface area contributed by atoms with E-state index in [9.17, 15) is 4.79 Å². The van der Waals surface area contributed by atoms with Crippen molar-refractivity contribution in [2.24, 2.45) is 0 Å². The van der Waals surface area contributed by atoms with Crippen LogP contribution in [-0.4, -0.2) is 48.7 Å². The van der Waals surface area contributed by atoms with Gasteiger partial charge in [0.25, 0.3) is 0 Å². The minimum absolute atomic E-state index is 0.0766. The van der Waals surface area contributed by atoms with Crippen molar-refractivity contribution in [1.82, 2.24) is 10.2 Å². The van der Waals surface area contributed by atoms with E-state index in [0.29, 0.717) is 18.7 Å². The molecule has 0 heterocycles. The van der Waals surface area contributed by atoms with Crippen molar-refractivity contribution in [2.45, 2.75) is 83.8 Å². The molecule has 0 aliphatic heterocycles. The average molecular weight is 298 g/mol. The number of nitrogens with zero attached hydrogens (tertiary/aromatic N) is 1. The van der Waals surface area contributed by atoms with Crippen molar-refractivity contribution in [2.75, 3.05) is 20.2 Å². The molecule has 124 valence electrons. The van der Waals surface area contributed by atoms with Crippen LogP contribution in [0.2, 0.25) is 0 Å². The minimum atomic E-state index is -0.474. The number of carbonyl (C=O) groups excluding carboxylic acids is 1. The number of ether oxygens (including phenoxy) is 1. The summed E-state index contributed by atoms with van der Waals surface area (Å²) in [6.07, 6.45) is 6.60. The van der Waals surface area contributed by atoms with Gasteiger partial charge in [-0.1, -0.05) is 19.8 Å². The summed E-state index contributed by atoms with van der Waals surface area (Å²) in [6.45, 7) is 10.2. The highest BCUT2D eigenvalue weighted by Crippen LogP contribution is 2.35. The normalized spacial score (nSPS) is 25.8. The van der Waals surface area contributed by atoms with Crippen molar-refractivity contribution in [1.29, 1.82) is 0 Å². The van der Waals surface area contributed by atoms with E-state index in [2.05, 4.69) is 31.0 Å². The van der Waals surface area contributed by atoms with Gasteiger partial charge in [-0.15, -0.1) is 0 Å². The summed E-state index contributed by atoms with van der Waals surface area (Å²) in [5, 5.41) is 3.25. The van der Waals surface area contributed by atoms with Gasteiger partial charge in [0, 0.05) is 12.1 Å². The third-order valence-corrected chi connectivity index (χ3v) is 4.79. The van der Waals surface area contributed by atoms with Gasteiger partial charge in [-0.25, -0.2) is 0 Å². The molecule has 0 radical (unpaired) electrons. The molecule has 21 heavy (non-hydrogen) atoms. The van der Waals surface area contributed by atoms with Gasteiger partial charge in [0.2, 0.25) is 0 Å². The van der Waals surface area contributed by atoms with Crippen LogP contribution in [0.5, 0.6) is 0 Å². The first-order valence-corrected chi connectivity index (χ1v) is 8.62. The molecule has 1 saturated carbocycles. The third-order valence-electron chi connectivity index (χ3n) is 4.79. The van der Waals surface area contributed by atoms with Crippen LogP contribution in [0.3, 0.4) is 0 Å². The second-order valence-electron chi connectivity index (χ2n) is 6.49. The number of esters is 1. The van der Waals surface area contributed by atoms with Gasteiger partial charge in [0.1, 0.15) is 5.54 Å². The van der Waals surface area contributed by atoms with Gasteiger partial charge in [0.05, 0.1) is 6.61 Å². The fraction of sp³-hybridized carbons (Fsp3) is 0.941. The van der Waals surface area contributed by atoms with Crippen LogP contribution in [0.4, 0.5) is 0 Å².